The molecule has 1 N–H and O–H groups in total. The number of rotatable bonds is 4. The van der Waals surface area contributed by atoms with E-state index in [1.165, 1.54) is 0 Å². The Hall–Kier alpha value is -1.40. The fourth-order valence-electron chi connectivity index (χ4n) is 2.81. The molecule has 1 aliphatic heterocycles. The number of hydrogen-bond donors (Lipinski definition) is 1. The summed E-state index contributed by atoms with van der Waals surface area (Å²) >= 11 is 5.96. The van der Waals surface area contributed by atoms with Crippen molar-refractivity contribution in [2.45, 2.75) is 6.54 Å². The minimum Gasteiger partial charge on any atom is -0.464 e. The first-order chi connectivity index (χ1) is 10.7. The summed E-state index contributed by atoms with van der Waals surface area (Å²) in [6.45, 7) is 5.06. The van der Waals surface area contributed by atoms with Crippen LogP contribution in [-0.4, -0.2) is 54.2 Å². The zero-order valence-corrected chi connectivity index (χ0v) is 13.1. The first kappa shape index (κ1) is 15.5. The summed E-state index contributed by atoms with van der Waals surface area (Å²) in [7, 11) is 0. The SMILES string of the molecule is O=c1c(CN2CCN(CCO)CC2)coc2ccc(Cl)cc12. The van der Waals surface area contributed by atoms with Crippen LogP contribution in [0.15, 0.2) is 33.7 Å². The average molecular weight is 323 g/mol. The number of benzene rings is 1. The second-order valence-electron chi connectivity index (χ2n) is 5.57. The van der Waals surface area contributed by atoms with Gasteiger partial charge in [-0.3, -0.25) is 14.6 Å². The molecule has 3 rings (SSSR count). The second kappa shape index (κ2) is 6.79. The Balaban J connectivity index is 1.75. The molecule has 22 heavy (non-hydrogen) atoms. The summed E-state index contributed by atoms with van der Waals surface area (Å²) in [6, 6.07) is 5.09. The molecule has 2 heterocycles. The van der Waals surface area contributed by atoms with Crippen molar-refractivity contribution in [3.8, 4) is 0 Å². The Labute approximate surface area is 133 Å². The smallest absolute Gasteiger partial charge is 0.197 e. The van der Waals surface area contributed by atoms with Gasteiger partial charge in [-0.25, -0.2) is 0 Å². The molecule has 0 bridgehead atoms. The van der Waals surface area contributed by atoms with Gasteiger partial charge in [0.05, 0.1) is 18.3 Å². The molecule has 0 aliphatic carbocycles. The quantitative estimate of drug-likeness (QED) is 0.925. The predicted octanol–water partition coefficient (Wildman–Crippen LogP) is 1.56. The lowest BCUT2D eigenvalue weighted by Crippen LogP contribution is -2.47. The van der Waals surface area contributed by atoms with E-state index in [0.29, 0.717) is 34.6 Å². The van der Waals surface area contributed by atoms with Gasteiger partial charge < -0.3 is 9.52 Å². The maximum Gasteiger partial charge on any atom is 0.197 e. The minimum absolute atomic E-state index is 0.0125. The zero-order chi connectivity index (χ0) is 15.5. The van der Waals surface area contributed by atoms with Gasteiger partial charge in [0.25, 0.3) is 0 Å². The van der Waals surface area contributed by atoms with E-state index in [2.05, 4.69) is 9.80 Å². The van der Waals surface area contributed by atoms with Crippen molar-refractivity contribution in [3.05, 3.63) is 45.3 Å². The van der Waals surface area contributed by atoms with Crippen LogP contribution in [0.1, 0.15) is 5.56 Å². The van der Waals surface area contributed by atoms with E-state index in [9.17, 15) is 4.79 Å². The van der Waals surface area contributed by atoms with E-state index in [0.717, 1.165) is 26.2 Å². The van der Waals surface area contributed by atoms with E-state index in [1.807, 2.05) is 0 Å². The van der Waals surface area contributed by atoms with Crippen LogP contribution in [0.25, 0.3) is 11.0 Å². The number of nitrogens with zero attached hydrogens (tertiary/aromatic N) is 2. The van der Waals surface area contributed by atoms with Crippen LogP contribution in [0.4, 0.5) is 0 Å². The maximum absolute atomic E-state index is 12.5. The highest BCUT2D eigenvalue weighted by molar-refractivity contribution is 6.31. The lowest BCUT2D eigenvalue weighted by Gasteiger charge is -2.34. The number of aliphatic hydroxyl groups excluding tert-OH is 1. The van der Waals surface area contributed by atoms with Crippen LogP contribution in [-0.2, 0) is 6.54 Å². The highest BCUT2D eigenvalue weighted by Gasteiger charge is 2.18. The van der Waals surface area contributed by atoms with Crippen molar-refractivity contribution in [2.24, 2.45) is 0 Å². The minimum atomic E-state index is -0.0125. The molecule has 0 amide bonds. The first-order valence-corrected chi connectivity index (χ1v) is 7.80. The van der Waals surface area contributed by atoms with Gasteiger partial charge in [-0.2, -0.15) is 0 Å². The van der Waals surface area contributed by atoms with Gasteiger partial charge in [-0.1, -0.05) is 11.6 Å². The molecule has 1 aromatic heterocycles. The molecule has 2 aromatic rings. The van der Waals surface area contributed by atoms with Crippen LogP contribution >= 0.6 is 11.6 Å². The van der Waals surface area contributed by atoms with Crippen LogP contribution in [0, 0.1) is 0 Å². The molecule has 0 radical (unpaired) electrons. The molecule has 0 atom stereocenters. The van der Waals surface area contributed by atoms with Gasteiger partial charge in [0.2, 0.25) is 0 Å². The van der Waals surface area contributed by atoms with Gasteiger partial charge in [0.1, 0.15) is 5.58 Å². The van der Waals surface area contributed by atoms with Crippen LogP contribution in [0.3, 0.4) is 0 Å². The monoisotopic (exact) mass is 322 g/mol. The van der Waals surface area contributed by atoms with Gasteiger partial charge in [-0.05, 0) is 18.2 Å². The first-order valence-electron chi connectivity index (χ1n) is 7.43. The summed E-state index contributed by atoms with van der Waals surface area (Å²) in [6.07, 6.45) is 1.55. The van der Waals surface area contributed by atoms with Gasteiger partial charge in [-0.15, -0.1) is 0 Å². The largest absolute Gasteiger partial charge is 0.464 e. The Bertz CT molecular complexity index is 708. The van der Waals surface area contributed by atoms with Crippen molar-refractivity contribution < 1.29 is 9.52 Å². The summed E-state index contributed by atoms with van der Waals surface area (Å²) in [5.41, 5.74) is 1.21. The molecule has 1 saturated heterocycles. The lowest BCUT2D eigenvalue weighted by atomic mass is 10.1. The van der Waals surface area contributed by atoms with E-state index in [1.54, 1.807) is 24.5 Å². The Morgan fingerprint density at radius 3 is 2.64 bits per heavy atom. The van der Waals surface area contributed by atoms with Crippen molar-refractivity contribution in [1.29, 1.82) is 0 Å². The zero-order valence-electron chi connectivity index (χ0n) is 12.3. The van der Waals surface area contributed by atoms with E-state index < -0.39 is 0 Å². The summed E-state index contributed by atoms with van der Waals surface area (Å²) in [5.74, 6) is 0. The third-order valence-electron chi connectivity index (χ3n) is 4.08. The molecule has 1 fully saturated rings. The molecular weight excluding hydrogens is 304 g/mol. The number of halogens is 1. The molecule has 5 nitrogen and oxygen atoms in total. The third-order valence-corrected chi connectivity index (χ3v) is 4.32. The summed E-state index contributed by atoms with van der Waals surface area (Å²) in [5, 5.41) is 10.0. The number of hydrogen-bond acceptors (Lipinski definition) is 5. The van der Waals surface area contributed by atoms with Crippen molar-refractivity contribution in [3.63, 3.8) is 0 Å². The van der Waals surface area contributed by atoms with Crippen LogP contribution < -0.4 is 5.43 Å². The average Bonchev–Trinajstić information content (AvgIpc) is 2.53. The van der Waals surface area contributed by atoms with E-state index in [4.69, 9.17) is 21.1 Å². The lowest BCUT2D eigenvalue weighted by molar-refractivity contribution is 0.108. The van der Waals surface area contributed by atoms with Crippen LogP contribution in [0.2, 0.25) is 5.02 Å². The van der Waals surface area contributed by atoms with E-state index in [-0.39, 0.29) is 12.0 Å². The number of β-amino-alcohol motifs (C(OH)–C–C–N with tert-alkyl or cyclic N) is 1. The van der Waals surface area contributed by atoms with Crippen molar-refractivity contribution >= 4 is 22.6 Å². The predicted molar refractivity (Wildman–Crippen MR) is 86.3 cm³/mol. The Morgan fingerprint density at radius 1 is 1.18 bits per heavy atom. The molecule has 1 aliphatic rings. The fourth-order valence-corrected chi connectivity index (χ4v) is 2.98. The van der Waals surface area contributed by atoms with Gasteiger partial charge >= 0.3 is 0 Å². The summed E-state index contributed by atoms with van der Waals surface area (Å²) < 4.78 is 5.55. The standard InChI is InChI=1S/C16H19ClN2O3/c17-13-1-2-15-14(9-13)16(21)12(11-22-15)10-19-5-3-18(4-6-19)7-8-20/h1-2,9,11,20H,3-8,10H2. The molecule has 0 unspecified atom stereocenters. The Morgan fingerprint density at radius 2 is 1.91 bits per heavy atom. The van der Waals surface area contributed by atoms with Crippen LogP contribution in [0.5, 0.6) is 0 Å². The maximum atomic E-state index is 12.5. The van der Waals surface area contributed by atoms with Gasteiger partial charge in [0.15, 0.2) is 5.43 Å². The highest BCUT2D eigenvalue weighted by atomic mass is 35.5. The molecular formula is C16H19ClN2O3. The number of aliphatic hydroxyl groups is 1. The molecule has 0 saturated carbocycles. The van der Waals surface area contributed by atoms with Gasteiger partial charge in [0, 0.05) is 49.9 Å². The third kappa shape index (κ3) is 3.33. The van der Waals surface area contributed by atoms with E-state index >= 15 is 0 Å². The Kier molecular flexibility index (Phi) is 4.78. The van der Waals surface area contributed by atoms with Crippen molar-refractivity contribution in [1.82, 2.24) is 9.80 Å². The molecule has 118 valence electrons. The normalized spacial score (nSPS) is 17.2. The molecule has 0 spiro atoms. The molecule has 6 heteroatoms. The fraction of sp³-hybridized carbons (Fsp3) is 0.438. The number of fused-ring (bicyclic) bond motifs is 1. The topological polar surface area (TPSA) is 56.9 Å². The second-order valence-corrected chi connectivity index (χ2v) is 6.01. The summed E-state index contributed by atoms with van der Waals surface area (Å²) in [4.78, 5) is 17.0. The molecule has 1 aromatic carbocycles. The number of piperazine rings is 1. The van der Waals surface area contributed by atoms with Crippen molar-refractivity contribution in [2.75, 3.05) is 39.3 Å². The highest BCUT2D eigenvalue weighted by Crippen LogP contribution is 2.17.